The largest absolute Gasteiger partial charge is 0.378 e. The van der Waals surface area contributed by atoms with E-state index in [1.807, 2.05) is 22.8 Å². The number of thioether (sulfide) groups is 1. The lowest BCUT2D eigenvalue weighted by Crippen LogP contribution is -2.38. The van der Waals surface area contributed by atoms with Crippen molar-refractivity contribution in [2.24, 2.45) is 0 Å². The van der Waals surface area contributed by atoms with Crippen LogP contribution >= 0.6 is 23.1 Å². The number of nitriles is 1. The first kappa shape index (κ1) is 21.9. The van der Waals surface area contributed by atoms with Crippen LogP contribution in [0.15, 0.2) is 29.4 Å². The van der Waals surface area contributed by atoms with E-state index in [2.05, 4.69) is 39.5 Å². The molecule has 0 bridgehead atoms. The molecule has 0 atom stereocenters. The highest BCUT2D eigenvalue weighted by Gasteiger charge is 2.25. The predicted octanol–water partition coefficient (Wildman–Crippen LogP) is 3.57. The molecule has 1 amide bonds. The van der Waals surface area contributed by atoms with Crippen molar-refractivity contribution < 1.29 is 9.53 Å². The number of amides is 1. The number of carbonyl (C=O) groups excluding carboxylic acids is 1. The van der Waals surface area contributed by atoms with Crippen LogP contribution in [0.5, 0.6) is 0 Å². The number of thiophene rings is 1. The molecule has 1 saturated heterocycles. The van der Waals surface area contributed by atoms with Gasteiger partial charge in [0.25, 0.3) is 0 Å². The number of nitrogens with zero attached hydrogens (tertiary/aromatic N) is 5. The molecule has 0 unspecified atom stereocenters. The van der Waals surface area contributed by atoms with Crippen molar-refractivity contribution >= 4 is 40.0 Å². The maximum absolute atomic E-state index is 12.8. The fourth-order valence-corrected chi connectivity index (χ4v) is 6.25. The van der Waals surface area contributed by atoms with Crippen molar-refractivity contribution in [1.29, 1.82) is 5.26 Å². The lowest BCUT2D eigenvalue weighted by atomic mass is 10.1. The predicted molar refractivity (Wildman–Crippen MR) is 130 cm³/mol. The Balaban J connectivity index is 1.36. The summed E-state index contributed by atoms with van der Waals surface area (Å²) in [6, 6.07) is 10.4. The van der Waals surface area contributed by atoms with Crippen molar-refractivity contribution in [1.82, 2.24) is 14.8 Å². The fraction of sp³-hybridized carbons (Fsp3) is 0.391. The second kappa shape index (κ2) is 9.55. The molecule has 1 fully saturated rings. The SMILES string of the molecule is Cc1ccccc1-n1c(SCC(=O)Nc2sc3c(c2C#N)CCC3)nnc1N1CCOCC1. The minimum Gasteiger partial charge on any atom is -0.378 e. The Morgan fingerprint density at radius 3 is 2.88 bits per heavy atom. The summed E-state index contributed by atoms with van der Waals surface area (Å²) in [5.41, 5.74) is 3.83. The number of carbonyl (C=O) groups is 1. The summed E-state index contributed by atoms with van der Waals surface area (Å²) >= 11 is 2.88. The van der Waals surface area contributed by atoms with Gasteiger partial charge in [0.15, 0.2) is 5.16 Å². The molecular formula is C23H24N6O2S2. The first-order valence-electron chi connectivity index (χ1n) is 11.0. The zero-order valence-electron chi connectivity index (χ0n) is 18.3. The first-order valence-corrected chi connectivity index (χ1v) is 12.8. The molecule has 8 nitrogen and oxygen atoms in total. The van der Waals surface area contributed by atoms with Crippen molar-refractivity contribution in [3.8, 4) is 11.8 Å². The van der Waals surface area contributed by atoms with Crippen LogP contribution in [-0.4, -0.2) is 52.7 Å². The van der Waals surface area contributed by atoms with Gasteiger partial charge in [-0.1, -0.05) is 30.0 Å². The molecule has 3 aromatic rings. The van der Waals surface area contributed by atoms with Crippen LogP contribution in [0.3, 0.4) is 0 Å². The minimum atomic E-state index is -0.149. The highest BCUT2D eigenvalue weighted by molar-refractivity contribution is 7.99. The molecule has 5 rings (SSSR count). The average Bonchev–Trinajstić information content (AvgIpc) is 3.53. The number of hydrogen-bond donors (Lipinski definition) is 1. The molecule has 2 aliphatic rings. The minimum absolute atomic E-state index is 0.149. The number of nitrogens with one attached hydrogen (secondary N) is 1. The Kier molecular flexibility index (Phi) is 6.35. The van der Waals surface area contributed by atoms with Crippen molar-refractivity contribution in [3.05, 3.63) is 45.8 Å². The molecule has 3 heterocycles. The Hall–Kier alpha value is -2.87. The second-order valence-electron chi connectivity index (χ2n) is 8.01. The molecule has 10 heteroatoms. The molecule has 2 aromatic heterocycles. The number of hydrogen-bond acceptors (Lipinski definition) is 8. The fourth-order valence-electron chi connectivity index (χ4n) is 4.25. The zero-order valence-corrected chi connectivity index (χ0v) is 20.0. The highest BCUT2D eigenvalue weighted by Crippen LogP contribution is 2.38. The number of rotatable bonds is 6. The number of anilines is 2. The Labute approximate surface area is 200 Å². The van der Waals surface area contributed by atoms with Gasteiger partial charge in [-0.2, -0.15) is 5.26 Å². The third-order valence-electron chi connectivity index (χ3n) is 5.88. The van der Waals surface area contributed by atoms with Gasteiger partial charge in [-0.15, -0.1) is 21.5 Å². The standard InChI is InChI=1S/C23H24N6O2S2/c1-15-5-2-3-7-18(15)29-22(28-9-11-31-12-10-28)26-27-23(29)32-14-20(30)25-21-17(13-24)16-6-4-8-19(16)33-21/h2-3,5,7H,4,6,8-12,14H2,1H3,(H,25,30). The van der Waals surface area contributed by atoms with E-state index in [4.69, 9.17) is 4.74 Å². The molecule has 0 saturated carbocycles. The number of para-hydroxylation sites is 1. The molecule has 0 radical (unpaired) electrons. The van der Waals surface area contributed by atoms with E-state index in [0.29, 0.717) is 28.9 Å². The van der Waals surface area contributed by atoms with E-state index in [1.165, 1.54) is 28.0 Å². The quantitative estimate of drug-likeness (QED) is 0.539. The summed E-state index contributed by atoms with van der Waals surface area (Å²) in [6.45, 7) is 4.85. The normalized spacial score (nSPS) is 15.3. The van der Waals surface area contributed by atoms with Gasteiger partial charge < -0.3 is 15.0 Å². The van der Waals surface area contributed by atoms with E-state index in [1.54, 1.807) is 0 Å². The van der Waals surface area contributed by atoms with Gasteiger partial charge >= 0.3 is 0 Å². The summed E-state index contributed by atoms with van der Waals surface area (Å²) in [6.07, 6.45) is 2.99. The maximum Gasteiger partial charge on any atom is 0.235 e. The van der Waals surface area contributed by atoms with Gasteiger partial charge in [-0.3, -0.25) is 9.36 Å². The van der Waals surface area contributed by atoms with Crippen LogP contribution in [0.2, 0.25) is 0 Å². The maximum atomic E-state index is 12.8. The molecule has 33 heavy (non-hydrogen) atoms. The molecule has 1 aliphatic carbocycles. The van der Waals surface area contributed by atoms with Crippen LogP contribution in [0.25, 0.3) is 5.69 Å². The number of fused-ring (bicyclic) bond motifs is 1. The molecule has 170 valence electrons. The Bertz CT molecular complexity index is 1220. The van der Waals surface area contributed by atoms with Crippen LogP contribution in [0.4, 0.5) is 10.9 Å². The summed E-state index contributed by atoms with van der Waals surface area (Å²) in [5.74, 6) is 0.793. The number of aryl methyl sites for hydroxylation is 2. The van der Waals surface area contributed by atoms with Crippen LogP contribution in [0, 0.1) is 18.3 Å². The van der Waals surface area contributed by atoms with Crippen LogP contribution in [-0.2, 0) is 22.4 Å². The van der Waals surface area contributed by atoms with Crippen LogP contribution in [0.1, 0.15) is 28.0 Å². The van der Waals surface area contributed by atoms with Gasteiger partial charge in [0, 0.05) is 18.0 Å². The number of morpholine rings is 1. The second-order valence-corrected chi connectivity index (χ2v) is 10.1. The van der Waals surface area contributed by atoms with Crippen molar-refractivity contribution in [2.75, 3.05) is 42.3 Å². The summed E-state index contributed by atoms with van der Waals surface area (Å²) < 4.78 is 7.52. The van der Waals surface area contributed by atoms with E-state index in [9.17, 15) is 10.1 Å². The number of benzene rings is 1. The van der Waals surface area contributed by atoms with Crippen LogP contribution < -0.4 is 10.2 Å². The lowest BCUT2D eigenvalue weighted by molar-refractivity contribution is -0.113. The Morgan fingerprint density at radius 1 is 1.27 bits per heavy atom. The summed E-state index contributed by atoms with van der Waals surface area (Å²) in [4.78, 5) is 16.2. The first-order chi connectivity index (χ1) is 16.2. The monoisotopic (exact) mass is 480 g/mol. The van der Waals surface area contributed by atoms with Crippen molar-refractivity contribution in [3.63, 3.8) is 0 Å². The summed E-state index contributed by atoms with van der Waals surface area (Å²) in [7, 11) is 0. The summed E-state index contributed by atoms with van der Waals surface area (Å²) in [5, 5.41) is 22.8. The van der Waals surface area contributed by atoms with E-state index in [0.717, 1.165) is 55.1 Å². The van der Waals surface area contributed by atoms with E-state index < -0.39 is 0 Å². The molecule has 0 spiro atoms. The molecule has 1 aromatic carbocycles. The number of aromatic nitrogens is 3. The molecular weight excluding hydrogens is 456 g/mol. The smallest absolute Gasteiger partial charge is 0.235 e. The Morgan fingerprint density at radius 2 is 2.09 bits per heavy atom. The number of ether oxygens (including phenoxy) is 1. The third-order valence-corrected chi connectivity index (χ3v) is 8.02. The van der Waals surface area contributed by atoms with Gasteiger partial charge in [-0.25, -0.2) is 0 Å². The lowest BCUT2D eigenvalue weighted by Gasteiger charge is -2.28. The molecule has 1 N–H and O–H groups in total. The average molecular weight is 481 g/mol. The topological polar surface area (TPSA) is 96.1 Å². The van der Waals surface area contributed by atoms with Crippen molar-refractivity contribution in [2.45, 2.75) is 31.3 Å². The van der Waals surface area contributed by atoms with E-state index in [-0.39, 0.29) is 11.7 Å². The van der Waals surface area contributed by atoms with Gasteiger partial charge in [0.05, 0.1) is 30.2 Å². The van der Waals surface area contributed by atoms with Gasteiger partial charge in [0.1, 0.15) is 11.1 Å². The van der Waals surface area contributed by atoms with Gasteiger partial charge in [0.2, 0.25) is 11.9 Å². The van der Waals surface area contributed by atoms with E-state index >= 15 is 0 Å². The molecule has 1 aliphatic heterocycles. The highest BCUT2D eigenvalue weighted by atomic mass is 32.2. The zero-order chi connectivity index (χ0) is 22.8. The van der Waals surface area contributed by atoms with Gasteiger partial charge in [-0.05, 0) is 43.4 Å². The third kappa shape index (κ3) is 4.36.